The summed E-state index contributed by atoms with van der Waals surface area (Å²) in [5.41, 5.74) is 6.00. The third kappa shape index (κ3) is 5.25. The van der Waals surface area contributed by atoms with Crippen LogP contribution >= 0.6 is 11.3 Å². The Bertz CT molecular complexity index is 2850. The summed E-state index contributed by atoms with van der Waals surface area (Å²) in [7, 11) is 6.61. The van der Waals surface area contributed by atoms with Crippen LogP contribution < -0.4 is 10.8 Å². The Kier molecular flexibility index (Phi) is 8.04. The molecule has 4 aliphatic rings. The van der Waals surface area contributed by atoms with Gasteiger partial charge < -0.3 is 25.7 Å². The standard InChI is InChI=1S/C47H36BN3O4S/c1-24-35(27-13-6-3-7-14-27)42(53)40(48)31-23-32-38(36(24)31)43(54)44(55)39(41(32)52)47-50-45(28-21-19-26(20-22-28)25-11-4-2-5-12-25)49-46(51-47)30-16-10-18-34-37(30)29-15-8-9-17-33(29)56-34/h2-11,13-21,25,28,45,52-55H,12,22-23H2,1H3,(H,49,50,51). The van der Waals surface area contributed by atoms with Gasteiger partial charge in [0, 0.05) is 60.7 Å². The fourth-order valence-corrected chi connectivity index (χ4v) is 10.0. The van der Waals surface area contributed by atoms with Crippen LogP contribution in [0.2, 0.25) is 0 Å². The Labute approximate surface area is 329 Å². The van der Waals surface area contributed by atoms with E-state index < -0.39 is 17.7 Å². The molecule has 0 saturated carbocycles. The summed E-state index contributed by atoms with van der Waals surface area (Å²) in [6.45, 7) is 1.85. The highest BCUT2D eigenvalue weighted by atomic mass is 32.1. The summed E-state index contributed by atoms with van der Waals surface area (Å²) < 4.78 is 2.27. The van der Waals surface area contributed by atoms with Gasteiger partial charge in [0.05, 0.1) is 0 Å². The van der Waals surface area contributed by atoms with Gasteiger partial charge in [-0.15, -0.1) is 11.3 Å². The number of benzene rings is 5. The fraction of sp³-hybridized carbons (Fsp3) is 0.149. The van der Waals surface area contributed by atoms with Gasteiger partial charge in [0.25, 0.3) is 0 Å². The Morgan fingerprint density at radius 1 is 0.750 bits per heavy atom. The van der Waals surface area contributed by atoms with Crippen LogP contribution in [0.4, 0.5) is 0 Å². The number of hydrogen-bond donors (Lipinski definition) is 5. The first-order valence-electron chi connectivity index (χ1n) is 18.8. The highest BCUT2D eigenvalue weighted by Gasteiger charge is 2.37. The molecule has 5 aromatic carbocycles. The first kappa shape index (κ1) is 34.2. The van der Waals surface area contributed by atoms with Gasteiger partial charge in [-0.1, -0.05) is 109 Å². The van der Waals surface area contributed by atoms with Crippen molar-refractivity contribution in [3.05, 3.63) is 149 Å². The highest BCUT2D eigenvalue weighted by Crippen LogP contribution is 2.55. The summed E-state index contributed by atoms with van der Waals surface area (Å²) >= 11 is 1.71. The highest BCUT2D eigenvalue weighted by molar-refractivity contribution is 7.25. The summed E-state index contributed by atoms with van der Waals surface area (Å²) in [5, 5.41) is 53.2. The van der Waals surface area contributed by atoms with E-state index in [0.717, 1.165) is 44.1 Å². The summed E-state index contributed by atoms with van der Waals surface area (Å²) in [6, 6.07) is 23.8. The van der Waals surface area contributed by atoms with Crippen molar-refractivity contribution in [3.63, 3.8) is 0 Å². The monoisotopic (exact) mass is 749 g/mol. The zero-order valence-electron chi connectivity index (χ0n) is 30.5. The molecule has 56 heavy (non-hydrogen) atoms. The van der Waals surface area contributed by atoms with Crippen molar-refractivity contribution in [2.24, 2.45) is 21.8 Å². The Hall–Kier alpha value is -6.32. The van der Waals surface area contributed by atoms with Crippen molar-refractivity contribution in [1.29, 1.82) is 0 Å². The van der Waals surface area contributed by atoms with Crippen molar-refractivity contribution < 1.29 is 20.4 Å². The molecule has 0 saturated heterocycles. The van der Waals surface area contributed by atoms with E-state index in [9.17, 15) is 20.4 Å². The molecule has 0 amide bonds. The van der Waals surface area contributed by atoms with E-state index in [1.165, 1.54) is 5.57 Å². The molecule has 9 heteroatoms. The molecule has 1 aliphatic heterocycles. The third-order valence-corrected chi connectivity index (χ3v) is 12.8. The number of nitrogens with one attached hydrogen (secondary N) is 1. The van der Waals surface area contributed by atoms with E-state index >= 15 is 0 Å². The molecule has 0 bridgehead atoms. The number of nitrogens with zero attached hydrogens (tertiary/aromatic N) is 2. The number of rotatable bonds is 5. The van der Waals surface area contributed by atoms with E-state index in [4.69, 9.17) is 17.8 Å². The molecule has 2 radical (unpaired) electrons. The maximum atomic E-state index is 12.2. The molecule has 272 valence electrons. The van der Waals surface area contributed by atoms with Crippen molar-refractivity contribution in [3.8, 4) is 45.3 Å². The second-order valence-corrected chi connectivity index (χ2v) is 15.9. The molecule has 3 aliphatic carbocycles. The molecule has 1 aromatic heterocycles. The minimum atomic E-state index is -0.526. The third-order valence-electron chi connectivity index (χ3n) is 11.7. The maximum Gasteiger partial charge on any atom is 0.173 e. The number of phenols is 4. The van der Waals surface area contributed by atoms with Crippen LogP contribution in [0.5, 0.6) is 23.0 Å². The van der Waals surface area contributed by atoms with Gasteiger partial charge in [-0.2, -0.15) is 0 Å². The largest absolute Gasteiger partial charge is 0.508 e. The number of aliphatic imine (C=N–C) groups is 2. The lowest BCUT2D eigenvalue weighted by molar-refractivity contribution is 0.395. The van der Waals surface area contributed by atoms with Gasteiger partial charge >= 0.3 is 0 Å². The average Bonchev–Trinajstić information content (AvgIpc) is 3.83. The van der Waals surface area contributed by atoms with Gasteiger partial charge in [0.1, 0.15) is 36.9 Å². The quantitative estimate of drug-likeness (QED) is 0.0685. The van der Waals surface area contributed by atoms with Crippen molar-refractivity contribution in [2.75, 3.05) is 0 Å². The van der Waals surface area contributed by atoms with Crippen LogP contribution in [-0.4, -0.2) is 46.1 Å². The first-order valence-corrected chi connectivity index (χ1v) is 19.6. The van der Waals surface area contributed by atoms with Crippen molar-refractivity contribution >= 4 is 56.5 Å². The number of allylic oxidation sites excluding steroid dienone is 7. The molecule has 0 fully saturated rings. The predicted molar refractivity (Wildman–Crippen MR) is 228 cm³/mol. The van der Waals surface area contributed by atoms with Crippen LogP contribution in [0.15, 0.2) is 131 Å². The summed E-state index contributed by atoms with van der Waals surface area (Å²) in [6.07, 6.45) is 16.5. The predicted octanol–water partition coefficient (Wildman–Crippen LogP) is 8.97. The van der Waals surface area contributed by atoms with Gasteiger partial charge in [-0.3, -0.25) is 0 Å². The van der Waals surface area contributed by atoms with E-state index in [2.05, 4.69) is 66.0 Å². The lowest BCUT2D eigenvalue weighted by Gasteiger charge is -2.30. The lowest BCUT2D eigenvalue weighted by Crippen LogP contribution is -2.43. The number of fused-ring (bicyclic) bond motifs is 6. The van der Waals surface area contributed by atoms with Gasteiger partial charge in [-0.25, -0.2) is 9.98 Å². The first-order chi connectivity index (χ1) is 27.3. The van der Waals surface area contributed by atoms with Gasteiger partial charge in [0.15, 0.2) is 17.3 Å². The van der Waals surface area contributed by atoms with Crippen LogP contribution in [0, 0.1) is 18.8 Å². The Morgan fingerprint density at radius 2 is 1.54 bits per heavy atom. The normalized spacial score (nSPS) is 19.7. The van der Waals surface area contributed by atoms with Gasteiger partial charge in [0.2, 0.25) is 0 Å². The minimum Gasteiger partial charge on any atom is -0.508 e. The number of aromatic hydroxyl groups is 4. The average molecular weight is 750 g/mol. The lowest BCUT2D eigenvalue weighted by atomic mass is 9.80. The second kappa shape index (κ2) is 13.2. The molecule has 6 aromatic rings. The fourth-order valence-electron chi connectivity index (χ4n) is 8.91. The molecular formula is C47H36BN3O4S. The van der Waals surface area contributed by atoms with E-state index in [-0.39, 0.29) is 46.3 Å². The number of phenolic OH excluding ortho intramolecular Hbond substituents is 4. The maximum absolute atomic E-state index is 12.2. The SMILES string of the molecule is [B]c1c(O)c(-c2ccccc2)c(C)c2c1Cc1c(O)c(C3=NC(C4C=CC(C5C=CC=CC5)=CC4)NC(c4cccc5sc6ccccc6c45)=N3)c(O)c(O)c1-2. The zero-order valence-corrected chi connectivity index (χ0v) is 31.3. The summed E-state index contributed by atoms with van der Waals surface area (Å²) in [4.78, 5) is 10.1. The number of hydrogen-bond acceptors (Lipinski definition) is 8. The van der Waals surface area contributed by atoms with E-state index in [0.29, 0.717) is 39.6 Å². The van der Waals surface area contributed by atoms with Crippen LogP contribution in [0.25, 0.3) is 42.4 Å². The molecule has 3 atom stereocenters. The zero-order chi connectivity index (χ0) is 38.2. The smallest absolute Gasteiger partial charge is 0.173 e. The van der Waals surface area contributed by atoms with E-state index in [1.54, 1.807) is 11.3 Å². The molecule has 0 spiro atoms. The topological polar surface area (TPSA) is 118 Å². The summed E-state index contributed by atoms with van der Waals surface area (Å²) in [5.74, 6) is -0.325. The molecule has 3 unspecified atom stereocenters. The molecule has 10 rings (SSSR count). The Balaban J connectivity index is 1.13. The van der Waals surface area contributed by atoms with Gasteiger partial charge in [-0.05, 0) is 59.7 Å². The van der Waals surface area contributed by atoms with Crippen LogP contribution in [-0.2, 0) is 6.42 Å². The van der Waals surface area contributed by atoms with Crippen LogP contribution in [0.1, 0.15) is 40.7 Å². The van der Waals surface area contributed by atoms with Crippen molar-refractivity contribution in [1.82, 2.24) is 5.32 Å². The Morgan fingerprint density at radius 3 is 2.32 bits per heavy atom. The molecule has 7 nitrogen and oxygen atoms in total. The molecular weight excluding hydrogens is 713 g/mol. The number of amidine groups is 2. The number of thiophene rings is 1. The van der Waals surface area contributed by atoms with Crippen LogP contribution in [0.3, 0.4) is 0 Å². The van der Waals surface area contributed by atoms with Crippen molar-refractivity contribution in [2.45, 2.75) is 32.4 Å². The molecule has 5 N–H and O–H groups in total. The second-order valence-electron chi connectivity index (χ2n) is 14.8. The molecule has 2 heterocycles. The van der Waals surface area contributed by atoms with E-state index in [1.807, 2.05) is 61.5 Å². The minimum absolute atomic E-state index is 0.0562.